The molecule has 98 valence electrons. The van der Waals surface area contributed by atoms with E-state index in [-0.39, 0.29) is 12.3 Å². The van der Waals surface area contributed by atoms with E-state index in [0.717, 1.165) is 33.8 Å². The normalized spacial score (nSPS) is 14.7. The maximum absolute atomic E-state index is 12.2. The number of nitrogens with two attached hydrogens (primary N) is 1. The minimum absolute atomic E-state index is 0.0548. The van der Waals surface area contributed by atoms with Gasteiger partial charge < -0.3 is 10.3 Å². The van der Waals surface area contributed by atoms with Crippen molar-refractivity contribution in [3.63, 3.8) is 0 Å². The molecule has 1 heterocycles. The Morgan fingerprint density at radius 3 is 2.89 bits per heavy atom. The molecule has 1 aliphatic carbocycles. The predicted octanol–water partition coefficient (Wildman–Crippen LogP) is 2.41. The van der Waals surface area contributed by atoms with E-state index >= 15 is 0 Å². The van der Waals surface area contributed by atoms with Gasteiger partial charge in [0.05, 0.1) is 5.69 Å². The van der Waals surface area contributed by atoms with Gasteiger partial charge in [0, 0.05) is 21.8 Å². The van der Waals surface area contributed by atoms with Crippen LogP contribution in [0.25, 0.3) is 10.9 Å². The zero-order valence-corrected chi connectivity index (χ0v) is 11.9. The van der Waals surface area contributed by atoms with E-state index in [2.05, 4.69) is 15.9 Å². The molecule has 0 radical (unpaired) electrons. The highest BCUT2D eigenvalue weighted by atomic mass is 79.9. The number of hydrogen-bond acceptors (Lipinski definition) is 2. The molecule has 2 aromatic rings. The second kappa shape index (κ2) is 4.49. The summed E-state index contributed by atoms with van der Waals surface area (Å²) in [6, 6.07) is 5.84. The van der Waals surface area contributed by atoms with Gasteiger partial charge in [-0.3, -0.25) is 9.59 Å². The van der Waals surface area contributed by atoms with Crippen LogP contribution in [0.3, 0.4) is 0 Å². The predicted molar refractivity (Wildman–Crippen MR) is 76.1 cm³/mol. The SMILES string of the molecule is NC(=O)Cn1c2c(c3cc(Br)ccc31)CCCC2=O. The van der Waals surface area contributed by atoms with Crippen molar-refractivity contribution in [1.82, 2.24) is 4.57 Å². The van der Waals surface area contributed by atoms with E-state index in [9.17, 15) is 9.59 Å². The lowest BCUT2D eigenvalue weighted by Gasteiger charge is -2.13. The number of nitrogens with zero attached hydrogens (tertiary/aromatic N) is 1. The first-order chi connectivity index (χ1) is 9.08. The van der Waals surface area contributed by atoms with Crippen LogP contribution in [0, 0.1) is 0 Å². The molecule has 1 aromatic carbocycles. The third-order valence-electron chi connectivity index (χ3n) is 3.54. The summed E-state index contributed by atoms with van der Waals surface area (Å²) in [5.74, 6) is -0.323. The van der Waals surface area contributed by atoms with Crippen molar-refractivity contribution in [3.8, 4) is 0 Å². The maximum atomic E-state index is 12.2. The fourth-order valence-electron chi connectivity index (χ4n) is 2.83. The number of benzene rings is 1. The van der Waals surface area contributed by atoms with Gasteiger partial charge in [0.25, 0.3) is 0 Å². The third-order valence-corrected chi connectivity index (χ3v) is 4.03. The van der Waals surface area contributed by atoms with Crippen LogP contribution in [0.5, 0.6) is 0 Å². The number of carbonyl (C=O) groups excluding carboxylic acids is 2. The number of halogens is 1. The average molecular weight is 321 g/mol. The molecule has 5 heteroatoms. The molecule has 0 spiro atoms. The molecule has 2 N–H and O–H groups in total. The Morgan fingerprint density at radius 1 is 1.37 bits per heavy atom. The Labute approximate surface area is 118 Å². The summed E-state index contributed by atoms with van der Waals surface area (Å²) in [4.78, 5) is 23.4. The highest BCUT2D eigenvalue weighted by Crippen LogP contribution is 2.33. The lowest BCUT2D eigenvalue weighted by Crippen LogP contribution is -2.23. The fraction of sp³-hybridized carbons (Fsp3) is 0.286. The molecular weight excluding hydrogens is 308 g/mol. The quantitative estimate of drug-likeness (QED) is 0.923. The molecule has 0 bridgehead atoms. The molecule has 0 aliphatic heterocycles. The first-order valence-corrected chi connectivity index (χ1v) is 6.99. The van der Waals surface area contributed by atoms with Crippen LogP contribution in [-0.4, -0.2) is 16.3 Å². The molecule has 1 amide bonds. The second-order valence-electron chi connectivity index (χ2n) is 4.82. The summed E-state index contributed by atoms with van der Waals surface area (Å²) in [6.07, 6.45) is 2.29. The van der Waals surface area contributed by atoms with Crippen molar-refractivity contribution in [2.24, 2.45) is 5.73 Å². The first kappa shape index (κ1) is 12.4. The number of fused-ring (bicyclic) bond motifs is 3. The number of aromatic nitrogens is 1. The van der Waals surface area contributed by atoms with Crippen LogP contribution < -0.4 is 5.73 Å². The summed E-state index contributed by atoms with van der Waals surface area (Å²) in [5.41, 5.74) is 7.92. The summed E-state index contributed by atoms with van der Waals surface area (Å²) in [5, 5.41) is 1.04. The average Bonchev–Trinajstić information content (AvgIpc) is 2.64. The molecule has 1 aromatic heterocycles. The monoisotopic (exact) mass is 320 g/mol. The Hall–Kier alpha value is -1.62. The van der Waals surface area contributed by atoms with Crippen LogP contribution >= 0.6 is 15.9 Å². The largest absolute Gasteiger partial charge is 0.368 e. The molecule has 0 saturated heterocycles. The van der Waals surface area contributed by atoms with Crippen LogP contribution in [0.4, 0.5) is 0 Å². The number of Topliss-reactive ketones (excluding diaryl/α,β-unsaturated/α-hetero) is 1. The zero-order chi connectivity index (χ0) is 13.6. The van der Waals surface area contributed by atoms with E-state index in [0.29, 0.717) is 12.1 Å². The van der Waals surface area contributed by atoms with Gasteiger partial charge in [-0.1, -0.05) is 15.9 Å². The summed E-state index contributed by atoms with van der Waals surface area (Å²) >= 11 is 3.45. The van der Waals surface area contributed by atoms with Crippen molar-refractivity contribution in [2.45, 2.75) is 25.8 Å². The Kier molecular flexibility index (Phi) is 2.93. The van der Waals surface area contributed by atoms with Gasteiger partial charge in [-0.2, -0.15) is 0 Å². The molecule has 3 rings (SSSR count). The summed E-state index contributed by atoms with van der Waals surface area (Å²) < 4.78 is 2.73. The third kappa shape index (κ3) is 1.98. The van der Waals surface area contributed by atoms with Gasteiger partial charge in [0.1, 0.15) is 6.54 Å². The molecule has 0 saturated carbocycles. The summed E-state index contributed by atoms with van der Waals surface area (Å²) in [6.45, 7) is 0.0548. The fourth-order valence-corrected chi connectivity index (χ4v) is 3.19. The first-order valence-electron chi connectivity index (χ1n) is 6.20. The second-order valence-corrected chi connectivity index (χ2v) is 5.73. The van der Waals surface area contributed by atoms with Crippen LogP contribution in [-0.2, 0) is 17.8 Å². The zero-order valence-electron chi connectivity index (χ0n) is 10.3. The van der Waals surface area contributed by atoms with Crippen LogP contribution in [0.1, 0.15) is 28.9 Å². The number of primary amides is 1. The van der Waals surface area contributed by atoms with Gasteiger partial charge in [-0.05, 0) is 36.6 Å². The lowest BCUT2D eigenvalue weighted by molar-refractivity contribution is -0.118. The van der Waals surface area contributed by atoms with Crippen molar-refractivity contribution < 1.29 is 9.59 Å². The van der Waals surface area contributed by atoms with Crippen LogP contribution in [0.2, 0.25) is 0 Å². The standard InChI is InChI=1S/C14H13BrN2O2/c15-8-4-5-11-10(6-8)9-2-1-3-12(18)14(9)17(11)7-13(16)19/h4-6H,1-3,7H2,(H2,16,19). The molecular formula is C14H13BrN2O2. The number of ketones is 1. The van der Waals surface area contributed by atoms with Gasteiger partial charge in [0.2, 0.25) is 5.91 Å². The molecule has 0 unspecified atom stereocenters. The summed E-state index contributed by atoms with van der Waals surface area (Å²) in [7, 11) is 0. The highest BCUT2D eigenvalue weighted by Gasteiger charge is 2.26. The van der Waals surface area contributed by atoms with E-state index in [1.165, 1.54) is 0 Å². The molecule has 4 nitrogen and oxygen atoms in total. The van der Waals surface area contributed by atoms with Crippen molar-refractivity contribution >= 4 is 38.5 Å². The molecule has 0 fully saturated rings. The minimum atomic E-state index is -0.430. The van der Waals surface area contributed by atoms with Gasteiger partial charge >= 0.3 is 0 Å². The highest BCUT2D eigenvalue weighted by molar-refractivity contribution is 9.10. The minimum Gasteiger partial charge on any atom is -0.368 e. The number of amides is 1. The van der Waals surface area contributed by atoms with E-state index in [1.807, 2.05) is 18.2 Å². The van der Waals surface area contributed by atoms with Crippen LogP contribution in [0.15, 0.2) is 22.7 Å². The van der Waals surface area contributed by atoms with E-state index < -0.39 is 5.91 Å². The Balaban J connectivity index is 2.35. The topological polar surface area (TPSA) is 65.1 Å². The van der Waals surface area contributed by atoms with Crippen molar-refractivity contribution in [3.05, 3.63) is 33.9 Å². The number of carbonyl (C=O) groups is 2. The van der Waals surface area contributed by atoms with Crippen molar-refractivity contribution in [1.29, 1.82) is 0 Å². The number of rotatable bonds is 2. The number of hydrogen-bond donors (Lipinski definition) is 1. The lowest BCUT2D eigenvalue weighted by atomic mass is 9.94. The Bertz CT molecular complexity index is 703. The van der Waals surface area contributed by atoms with Gasteiger partial charge in [0.15, 0.2) is 5.78 Å². The number of aryl methyl sites for hydroxylation is 1. The molecule has 0 atom stereocenters. The van der Waals surface area contributed by atoms with E-state index in [1.54, 1.807) is 4.57 Å². The molecule has 19 heavy (non-hydrogen) atoms. The molecule has 1 aliphatic rings. The van der Waals surface area contributed by atoms with E-state index in [4.69, 9.17) is 5.73 Å². The smallest absolute Gasteiger partial charge is 0.237 e. The van der Waals surface area contributed by atoms with Crippen molar-refractivity contribution in [2.75, 3.05) is 0 Å². The van der Waals surface area contributed by atoms with Gasteiger partial charge in [-0.25, -0.2) is 0 Å². The van der Waals surface area contributed by atoms with Gasteiger partial charge in [-0.15, -0.1) is 0 Å². The Morgan fingerprint density at radius 2 is 2.16 bits per heavy atom. The maximum Gasteiger partial charge on any atom is 0.237 e.